The van der Waals surface area contributed by atoms with Crippen molar-refractivity contribution in [1.82, 2.24) is 9.88 Å². The lowest BCUT2D eigenvalue weighted by molar-refractivity contribution is -0.138. The standard InChI is InChI=1S/C29H27FN2O6/c1-20-26(31-28(38-20)23-9-3-2-4-10-23)13-14-36-25-12-6-7-21(16-25)17-32(18-27(33)34)29(35)37-19-22-8-5-11-24(30)15-22/h2-12,15-16H,13-14,17-19H2,1H3,(H,33,34). The quantitative estimate of drug-likeness (QED) is 0.274. The number of carbonyl (C=O) groups excluding carboxylic acids is 1. The highest BCUT2D eigenvalue weighted by Crippen LogP contribution is 2.22. The van der Waals surface area contributed by atoms with Crippen LogP contribution in [0.2, 0.25) is 0 Å². The number of rotatable bonds is 11. The zero-order valence-corrected chi connectivity index (χ0v) is 20.8. The van der Waals surface area contributed by atoms with Crippen LogP contribution < -0.4 is 4.74 Å². The van der Waals surface area contributed by atoms with Crippen LogP contribution in [-0.2, 0) is 29.1 Å². The predicted octanol–water partition coefficient (Wildman–Crippen LogP) is 5.63. The van der Waals surface area contributed by atoms with Crippen LogP contribution in [0.3, 0.4) is 0 Å². The van der Waals surface area contributed by atoms with Crippen LogP contribution in [0.25, 0.3) is 11.5 Å². The molecule has 0 bridgehead atoms. The van der Waals surface area contributed by atoms with Gasteiger partial charge in [-0.1, -0.05) is 42.5 Å². The number of halogens is 1. The van der Waals surface area contributed by atoms with Crippen LogP contribution in [0.4, 0.5) is 9.18 Å². The Hall–Kier alpha value is -4.66. The number of nitrogens with zero attached hydrogens (tertiary/aromatic N) is 2. The molecular formula is C29H27FN2O6. The molecule has 0 aliphatic carbocycles. The summed E-state index contributed by atoms with van der Waals surface area (Å²) in [5.41, 5.74) is 2.82. The van der Waals surface area contributed by atoms with Crippen molar-refractivity contribution >= 4 is 12.1 Å². The first-order chi connectivity index (χ1) is 18.4. The number of aryl methyl sites for hydroxylation is 1. The summed E-state index contributed by atoms with van der Waals surface area (Å²) in [6.07, 6.45) is -0.289. The van der Waals surface area contributed by atoms with Crippen LogP contribution in [0, 0.1) is 12.7 Å². The summed E-state index contributed by atoms with van der Waals surface area (Å²) in [6.45, 7) is 1.47. The molecule has 38 heavy (non-hydrogen) atoms. The van der Waals surface area contributed by atoms with Gasteiger partial charge in [0, 0.05) is 18.5 Å². The first-order valence-electron chi connectivity index (χ1n) is 12.0. The molecule has 0 aliphatic heterocycles. The molecule has 0 saturated carbocycles. The van der Waals surface area contributed by atoms with Gasteiger partial charge in [0.25, 0.3) is 0 Å². The third kappa shape index (κ3) is 7.42. The number of amides is 1. The second kappa shape index (κ2) is 12.5. The summed E-state index contributed by atoms with van der Waals surface area (Å²) in [4.78, 5) is 29.6. The van der Waals surface area contributed by atoms with Crippen molar-refractivity contribution in [3.05, 3.63) is 107 Å². The van der Waals surface area contributed by atoms with Gasteiger partial charge in [-0.3, -0.25) is 9.69 Å². The maximum Gasteiger partial charge on any atom is 0.410 e. The molecule has 0 aliphatic rings. The molecule has 4 aromatic rings. The maximum absolute atomic E-state index is 13.4. The third-order valence-electron chi connectivity index (χ3n) is 5.63. The number of benzene rings is 3. The smallest absolute Gasteiger partial charge is 0.410 e. The van der Waals surface area contributed by atoms with Crippen LogP contribution in [0.1, 0.15) is 22.6 Å². The van der Waals surface area contributed by atoms with Gasteiger partial charge in [0.15, 0.2) is 0 Å². The van der Waals surface area contributed by atoms with Crippen LogP contribution in [0.15, 0.2) is 83.3 Å². The Morgan fingerprint density at radius 3 is 2.53 bits per heavy atom. The topological polar surface area (TPSA) is 102 Å². The molecule has 0 radical (unpaired) electrons. The van der Waals surface area contributed by atoms with Gasteiger partial charge in [0.2, 0.25) is 5.89 Å². The Morgan fingerprint density at radius 1 is 1.00 bits per heavy atom. The lowest BCUT2D eigenvalue weighted by Crippen LogP contribution is -2.35. The van der Waals surface area contributed by atoms with Gasteiger partial charge >= 0.3 is 12.1 Å². The zero-order valence-electron chi connectivity index (χ0n) is 20.8. The van der Waals surface area contributed by atoms with Crippen LogP contribution >= 0.6 is 0 Å². The summed E-state index contributed by atoms with van der Waals surface area (Å²) in [5, 5.41) is 9.27. The summed E-state index contributed by atoms with van der Waals surface area (Å²) in [5.74, 6) is 0.214. The molecule has 0 spiro atoms. The van der Waals surface area contributed by atoms with Gasteiger partial charge in [-0.15, -0.1) is 0 Å². The van der Waals surface area contributed by atoms with Crippen molar-refractivity contribution < 1.29 is 33.0 Å². The van der Waals surface area contributed by atoms with E-state index >= 15 is 0 Å². The fraction of sp³-hybridized carbons (Fsp3) is 0.207. The molecule has 1 heterocycles. The largest absolute Gasteiger partial charge is 0.493 e. The molecule has 8 nitrogen and oxygen atoms in total. The van der Waals surface area contributed by atoms with Crippen molar-refractivity contribution in [2.75, 3.05) is 13.2 Å². The molecule has 0 fully saturated rings. The minimum atomic E-state index is -1.18. The van der Waals surface area contributed by atoms with Gasteiger partial charge in [-0.25, -0.2) is 14.2 Å². The fourth-order valence-electron chi connectivity index (χ4n) is 3.80. The number of aromatic nitrogens is 1. The minimum Gasteiger partial charge on any atom is -0.493 e. The number of hydrogen-bond acceptors (Lipinski definition) is 6. The normalized spacial score (nSPS) is 10.7. The summed E-state index contributed by atoms with van der Waals surface area (Å²) >= 11 is 0. The monoisotopic (exact) mass is 518 g/mol. The zero-order chi connectivity index (χ0) is 26.9. The van der Waals surface area contributed by atoms with Gasteiger partial charge in [0.05, 0.1) is 12.3 Å². The Kier molecular flexibility index (Phi) is 8.71. The molecule has 0 saturated heterocycles. The third-order valence-corrected chi connectivity index (χ3v) is 5.63. The lowest BCUT2D eigenvalue weighted by Gasteiger charge is -2.20. The number of carboxylic acids is 1. The van der Waals surface area contributed by atoms with Gasteiger partial charge < -0.3 is 19.0 Å². The van der Waals surface area contributed by atoms with Gasteiger partial charge in [-0.05, 0) is 54.4 Å². The Balaban J connectivity index is 1.34. The van der Waals surface area contributed by atoms with Crippen molar-refractivity contribution in [1.29, 1.82) is 0 Å². The second-order valence-corrected chi connectivity index (χ2v) is 8.57. The van der Waals surface area contributed by atoms with Crippen molar-refractivity contribution in [2.24, 2.45) is 0 Å². The van der Waals surface area contributed by atoms with E-state index in [2.05, 4.69) is 4.98 Å². The summed E-state index contributed by atoms with van der Waals surface area (Å²) in [6, 6.07) is 22.3. The Labute approximate surface area is 219 Å². The van der Waals surface area contributed by atoms with E-state index in [1.54, 1.807) is 30.3 Å². The summed E-state index contributed by atoms with van der Waals surface area (Å²) in [7, 11) is 0. The average Bonchev–Trinajstić information content (AvgIpc) is 3.28. The highest BCUT2D eigenvalue weighted by molar-refractivity contribution is 5.76. The number of carboxylic acid groups (broad SMARTS) is 1. The van der Waals surface area contributed by atoms with E-state index in [1.807, 2.05) is 37.3 Å². The molecule has 1 N–H and O–H groups in total. The van der Waals surface area contributed by atoms with Crippen molar-refractivity contribution in [3.63, 3.8) is 0 Å². The molecule has 0 atom stereocenters. The van der Waals surface area contributed by atoms with E-state index in [-0.39, 0.29) is 13.2 Å². The van der Waals surface area contributed by atoms with Crippen molar-refractivity contribution in [2.45, 2.75) is 26.5 Å². The Bertz CT molecular complexity index is 1390. The Morgan fingerprint density at radius 2 is 1.76 bits per heavy atom. The first kappa shape index (κ1) is 26.4. The van der Waals surface area contributed by atoms with E-state index in [0.717, 1.165) is 21.9 Å². The number of aliphatic carboxylic acids is 1. The predicted molar refractivity (Wildman–Crippen MR) is 137 cm³/mol. The number of oxazole rings is 1. The van der Waals surface area contributed by atoms with Gasteiger partial charge in [-0.2, -0.15) is 0 Å². The van der Waals surface area contributed by atoms with E-state index in [1.165, 1.54) is 18.2 Å². The van der Waals surface area contributed by atoms with E-state index in [4.69, 9.17) is 13.9 Å². The molecule has 9 heteroatoms. The second-order valence-electron chi connectivity index (χ2n) is 8.57. The lowest BCUT2D eigenvalue weighted by atomic mass is 10.2. The number of hydrogen-bond donors (Lipinski definition) is 1. The number of carbonyl (C=O) groups is 2. The summed E-state index contributed by atoms with van der Waals surface area (Å²) < 4.78 is 30.3. The first-order valence-corrected chi connectivity index (χ1v) is 12.0. The number of ether oxygens (including phenoxy) is 2. The van der Waals surface area contributed by atoms with Gasteiger partial charge in [0.1, 0.15) is 30.5 Å². The minimum absolute atomic E-state index is 0.00564. The molecule has 1 amide bonds. The van der Waals surface area contributed by atoms with E-state index < -0.39 is 24.4 Å². The molecule has 196 valence electrons. The molecule has 1 aromatic heterocycles. The molecule has 0 unspecified atom stereocenters. The maximum atomic E-state index is 13.4. The molecular weight excluding hydrogens is 491 g/mol. The van der Waals surface area contributed by atoms with Crippen LogP contribution in [-0.4, -0.2) is 40.2 Å². The molecule has 4 rings (SSSR count). The van der Waals surface area contributed by atoms with E-state index in [9.17, 15) is 19.1 Å². The van der Waals surface area contributed by atoms with E-state index in [0.29, 0.717) is 35.8 Å². The fourth-order valence-corrected chi connectivity index (χ4v) is 3.80. The molecule has 3 aromatic carbocycles. The van der Waals surface area contributed by atoms with Crippen molar-refractivity contribution in [3.8, 4) is 17.2 Å². The SMILES string of the molecule is Cc1oc(-c2ccccc2)nc1CCOc1cccc(CN(CC(=O)O)C(=O)OCc2cccc(F)c2)c1. The highest BCUT2D eigenvalue weighted by atomic mass is 19.1. The van der Waals surface area contributed by atoms with Crippen LogP contribution in [0.5, 0.6) is 5.75 Å². The average molecular weight is 519 g/mol. The highest BCUT2D eigenvalue weighted by Gasteiger charge is 2.19.